The molecule has 23 heavy (non-hydrogen) atoms. The molecule has 0 aromatic heterocycles. The van der Waals surface area contributed by atoms with Gasteiger partial charge in [-0.3, -0.25) is 14.5 Å². The molecule has 1 aliphatic rings. The fourth-order valence-corrected chi connectivity index (χ4v) is 2.99. The molecule has 1 fully saturated rings. The summed E-state index contributed by atoms with van der Waals surface area (Å²) >= 11 is 3.36. The number of nitrogens with zero attached hydrogens (tertiary/aromatic N) is 1. The Bertz CT molecular complexity index is 557. The fourth-order valence-electron chi connectivity index (χ4n) is 2.61. The van der Waals surface area contributed by atoms with Gasteiger partial charge >= 0.3 is 0 Å². The number of carbonyl (C=O) groups is 2. The lowest BCUT2D eigenvalue weighted by molar-refractivity contribution is -0.128. The predicted octanol–water partition coefficient (Wildman–Crippen LogP) is 1.61. The summed E-state index contributed by atoms with van der Waals surface area (Å²) < 4.78 is 6.43. The molecule has 0 spiro atoms. The lowest BCUT2D eigenvalue weighted by atomic mass is 10.2. The molecule has 2 rings (SSSR count). The van der Waals surface area contributed by atoms with Crippen LogP contribution in [0.25, 0.3) is 0 Å². The number of amides is 2. The molecule has 0 bridgehead atoms. The number of ether oxygens (including phenoxy) is 1. The molecular formula is C16H22BrN3O3. The van der Waals surface area contributed by atoms with E-state index >= 15 is 0 Å². The Morgan fingerprint density at radius 2 is 1.87 bits per heavy atom. The monoisotopic (exact) mass is 383 g/mol. The highest BCUT2D eigenvalue weighted by atomic mass is 79.9. The van der Waals surface area contributed by atoms with E-state index < -0.39 is 0 Å². The third kappa shape index (κ3) is 5.93. The van der Waals surface area contributed by atoms with Crippen molar-refractivity contribution in [3.05, 3.63) is 28.7 Å². The van der Waals surface area contributed by atoms with E-state index in [1.807, 2.05) is 36.9 Å². The van der Waals surface area contributed by atoms with Crippen molar-refractivity contribution in [1.82, 2.24) is 10.2 Å². The van der Waals surface area contributed by atoms with Crippen LogP contribution in [0.5, 0.6) is 0 Å². The minimum Gasteiger partial charge on any atom is -0.373 e. The van der Waals surface area contributed by atoms with Gasteiger partial charge in [-0.1, -0.05) is 12.1 Å². The summed E-state index contributed by atoms with van der Waals surface area (Å²) in [6.45, 7) is 5.66. The second-order valence-electron chi connectivity index (χ2n) is 5.76. The SMILES string of the molecule is C[C@H]1CN(CC(=O)NCC(=O)Nc2ccccc2Br)C[C@H](C)O1. The molecule has 2 amide bonds. The maximum Gasteiger partial charge on any atom is 0.243 e. The quantitative estimate of drug-likeness (QED) is 0.810. The van der Waals surface area contributed by atoms with Gasteiger partial charge < -0.3 is 15.4 Å². The van der Waals surface area contributed by atoms with Crippen LogP contribution in [-0.2, 0) is 14.3 Å². The number of anilines is 1. The van der Waals surface area contributed by atoms with Gasteiger partial charge in [0, 0.05) is 17.6 Å². The summed E-state index contributed by atoms with van der Waals surface area (Å²) in [4.78, 5) is 25.9. The van der Waals surface area contributed by atoms with Crippen molar-refractivity contribution in [1.29, 1.82) is 0 Å². The van der Waals surface area contributed by atoms with Gasteiger partial charge in [0.1, 0.15) is 0 Å². The van der Waals surface area contributed by atoms with Crippen molar-refractivity contribution in [2.75, 3.05) is 31.5 Å². The van der Waals surface area contributed by atoms with Gasteiger partial charge in [0.15, 0.2) is 0 Å². The Labute approximate surface area is 144 Å². The van der Waals surface area contributed by atoms with Crippen LogP contribution in [0.3, 0.4) is 0 Å². The molecule has 0 aliphatic carbocycles. The van der Waals surface area contributed by atoms with Crippen LogP contribution < -0.4 is 10.6 Å². The van der Waals surface area contributed by atoms with Crippen molar-refractivity contribution in [2.45, 2.75) is 26.1 Å². The van der Waals surface area contributed by atoms with Crippen molar-refractivity contribution in [2.24, 2.45) is 0 Å². The van der Waals surface area contributed by atoms with Crippen LogP contribution in [0.1, 0.15) is 13.8 Å². The molecule has 0 radical (unpaired) electrons. The molecule has 1 aliphatic heterocycles. The molecule has 2 N–H and O–H groups in total. The number of halogens is 1. The average molecular weight is 384 g/mol. The van der Waals surface area contributed by atoms with Crippen molar-refractivity contribution < 1.29 is 14.3 Å². The van der Waals surface area contributed by atoms with Crippen molar-refractivity contribution in [3.8, 4) is 0 Å². The molecule has 126 valence electrons. The normalized spacial score (nSPS) is 21.7. The van der Waals surface area contributed by atoms with Gasteiger partial charge in [0.05, 0.1) is 31.0 Å². The third-order valence-electron chi connectivity index (χ3n) is 3.46. The summed E-state index contributed by atoms with van der Waals surface area (Å²) in [6, 6.07) is 7.33. The van der Waals surface area contributed by atoms with Gasteiger partial charge in [0.2, 0.25) is 11.8 Å². The number of hydrogen-bond donors (Lipinski definition) is 2. The smallest absolute Gasteiger partial charge is 0.243 e. The minimum atomic E-state index is -0.256. The molecule has 2 atom stereocenters. The molecule has 0 unspecified atom stereocenters. The van der Waals surface area contributed by atoms with E-state index in [1.165, 1.54) is 0 Å². The van der Waals surface area contributed by atoms with E-state index in [1.54, 1.807) is 6.07 Å². The number of benzene rings is 1. The first kappa shape index (κ1) is 17.9. The molecule has 1 saturated heterocycles. The second-order valence-corrected chi connectivity index (χ2v) is 6.61. The first-order chi connectivity index (χ1) is 10.9. The average Bonchev–Trinajstić information content (AvgIpc) is 2.46. The van der Waals surface area contributed by atoms with Gasteiger partial charge in [-0.15, -0.1) is 0 Å². The zero-order valence-electron chi connectivity index (χ0n) is 13.3. The summed E-state index contributed by atoms with van der Waals surface area (Å²) in [5.74, 6) is -0.414. The van der Waals surface area contributed by atoms with E-state index in [0.29, 0.717) is 5.69 Å². The summed E-state index contributed by atoms with van der Waals surface area (Å²) in [5, 5.41) is 5.40. The summed E-state index contributed by atoms with van der Waals surface area (Å²) in [7, 11) is 0. The van der Waals surface area contributed by atoms with E-state index in [0.717, 1.165) is 17.6 Å². The second kappa shape index (κ2) is 8.42. The predicted molar refractivity (Wildman–Crippen MR) is 92.2 cm³/mol. The van der Waals surface area contributed by atoms with Gasteiger partial charge in [-0.2, -0.15) is 0 Å². The highest BCUT2D eigenvalue weighted by Gasteiger charge is 2.23. The third-order valence-corrected chi connectivity index (χ3v) is 4.15. The zero-order valence-corrected chi connectivity index (χ0v) is 14.9. The standard InChI is InChI=1S/C16H22BrN3O3/c1-11-8-20(9-12(2)23-11)10-16(22)18-7-15(21)19-14-6-4-3-5-13(14)17/h3-6,11-12H,7-10H2,1-2H3,(H,18,22)(H,19,21)/t11-,12-/m0/s1. The highest BCUT2D eigenvalue weighted by Crippen LogP contribution is 2.20. The van der Waals surface area contributed by atoms with Crippen LogP contribution in [0.2, 0.25) is 0 Å². The number of morpholine rings is 1. The summed E-state index contributed by atoms with van der Waals surface area (Å²) in [6.07, 6.45) is 0.232. The Morgan fingerprint density at radius 1 is 1.22 bits per heavy atom. The zero-order chi connectivity index (χ0) is 16.8. The maximum absolute atomic E-state index is 12.0. The molecule has 7 heteroatoms. The Kier molecular flexibility index (Phi) is 6.56. The fraction of sp³-hybridized carbons (Fsp3) is 0.500. The van der Waals surface area contributed by atoms with Crippen molar-refractivity contribution in [3.63, 3.8) is 0 Å². The molecule has 1 heterocycles. The number of rotatable bonds is 5. The molecular weight excluding hydrogens is 362 g/mol. The minimum absolute atomic E-state index is 0.0460. The number of nitrogens with one attached hydrogen (secondary N) is 2. The first-order valence-electron chi connectivity index (χ1n) is 7.63. The van der Waals surface area contributed by atoms with E-state index in [9.17, 15) is 9.59 Å². The number of hydrogen-bond acceptors (Lipinski definition) is 4. The van der Waals surface area contributed by atoms with Crippen LogP contribution in [-0.4, -0.2) is 55.1 Å². The van der Waals surface area contributed by atoms with Crippen LogP contribution in [0.15, 0.2) is 28.7 Å². The lowest BCUT2D eigenvalue weighted by Gasteiger charge is -2.34. The lowest BCUT2D eigenvalue weighted by Crippen LogP contribution is -2.49. The molecule has 6 nitrogen and oxygen atoms in total. The molecule has 1 aromatic rings. The molecule has 0 saturated carbocycles. The Morgan fingerprint density at radius 3 is 2.52 bits per heavy atom. The van der Waals surface area contributed by atoms with E-state index in [4.69, 9.17) is 4.74 Å². The summed E-state index contributed by atoms with van der Waals surface area (Å²) in [5.41, 5.74) is 0.683. The highest BCUT2D eigenvalue weighted by molar-refractivity contribution is 9.10. The number of carbonyl (C=O) groups excluding carboxylic acids is 2. The van der Waals surface area contributed by atoms with Crippen molar-refractivity contribution >= 4 is 33.4 Å². The van der Waals surface area contributed by atoms with Crippen LogP contribution in [0.4, 0.5) is 5.69 Å². The Balaban J connectivity index is 1.73. The van der Waals surface area contributed by atoms with Gasteiger partial charge in [0.25, 0.3) is 0 Å². The van der Waals surface area contributed by atoms with Crippen LogP contribution in [0, 0.1) is 0 Å². The van der Waals surface area contributed by atoms with Crippen LogP contribution >= 0.6 is 15.9 Å². The van der Waals surface area contributed by atoms with Gasteiger partial charge in [-0.05, 0) is 41.9 Å². The van der Waals surface area contributed by atoms with E-state index in [-0.39, 0.29) is 37.1 Å². The topological polar surface area (TPSA) is 70.7 Å². The first-order valence-corrected chi connectivity index (χ1v) is 8.42. The van der Waals surface area contributed by atoms with E-state index in [2.05, 4.69) is 26.6 Å². The maximum atomic E-state index is 12.0. The van der Waals surface area contributed by atoms with Gasteiger partial charge in [-0.25, -0.2) is 0 Å². The largest absolute Gasteiger partial charge is 0.373 e. The Hall–Kier alpha value is -1.44. The number of para-hydroxylation sites is 1. The molecule has 1 aromatic carbocycles.